The summed E-state index contributed by atoms with van der Waals surface area (Å²) in [4.78, 5) is 4.86. The molecule has 0 spiro atoms. The summed E-state index contributed by atoms with van der Waals surface area (Å²) in [6, 6.07) is 45.2. The number of fused-ring (bicyclic) bond motifs is 1. The largest absolute Gasteiger partial charge is 0.495 e. The Morgan fingerprint density at radius 1 is 0.446 bits per heavy atom. The third kappa shape index (κ3) is 9.98. The summed E-state index contributed by atoms with van der Waals surface area (Å²) < 4.78 is 12.7. The van der Waals surface area contributed by atoms with Gasteiger partial charge in [-0.3, -0.25) is 0 Å². The number of hydrogen-bond donors (Lipinski definition) is 0. The van der Waals surface area contributed by atoms with Gasteiger partial charge < -0.3 is 19.3 Å². The van der Waals surface area contributed by atoms with Gasteiger partial charge in [-0.1, -0.05) is 134 Å². The third-order valence-corrected chi connectivity index (χ3v) is 13.0. The Balaban J connectivity index is 1.32. The molecule has 0 unspecified atom stereocenters. The summed E-state index contributed by atoms with van der Waals surface area (Å²) >= 11 is 0. The van der Waals surface area contributed by atoms with Crippen molar-refractivity contribution in [2.45, 2.75) is 127 Å². The van der Waals surface area contributed by atoms with Crippen molar-refractivity contribution in [2.24, 2.45) is 0 Å². The molecule has 0 bridgehead atoms. The van der Waals surface area contributed by atoms with Crippen molar-refractivity contribution < 1.29 is 9.47 Å². The molecule has 0 aliphatic carbocycles. The van der Waals surface area contributed by atoms with Gasteiger partial charge in [0.1, 0.15) is 11.5 Å². The molecule has 0 aliphatic heterocycles. The second-order valence-electron chi connectivity index (χ2n) is 20.3. The molecule has 7 aromatic carbocycles. The van der Waals surface area contributed by atoms with E-state index in [0.717, 1.165) is 74.7 Å². The lowest BCUT2D eigenvalue weighted by Crippen LogP contribution is -2.17. The molecule has 7 rings (SSSR count). The summed E-state index contributed by atoms with van der Waals surface area (Å²) in [5, 5.41) is 2.15. The second kappa shape index (κ2) is 19.2. The molecular formula is C61H72N2O2. The molecule has 4 nitrogen and oxygen atoms in total. The quantitative estimate of drug-likeness (QED) is 0.102. The van der Waals surface area contributed by atoms with Gasteiger partial charge in [-0.05, 0) is 164 Å². The molecule has 0 saturated carbocycles. The van der Waals surface area contributed by atoms with E-state index in [-0.39, 0.29) is 10.8 Å². The molecule has 0 N–H and O–H groups in total. The lowest BCUT2D eigenvalue weighted by molar-refractivity contribution is 0.306. The maximum Gasteiger partial charge on any atom is 0.134 e. The molecule has 0 amide bonds. The summed E-state index contributed by atoms with van der Waals surface area (Å²) in [6.45, 7) is 30.0. The van der Waals surface area contributed by atoms with E-state index in [9.17, 15) is 0 Å². The van der Waals surface area contributed by atoms with E-state index in [0.29, 0.717) is 0 Å². The van der Waals surface area contributed by atoms with Crippen molar-refractivity contribution in [3.05, 3.63) is 166 Å². The minimum absolute atomic E-state index is 0.0299. The van der Waals surface area contributed by atoms with E-state index >= 15 is 0 Å². The number of rotatable bonds is 14. The number of nitrogens with zero attached hydrogens (tertiary/aromatic N) is 2. The van der Waals surface area contributed by atoms with Crippen LogP contribution < -0.4 is 19.3 Å². The highest BCUT2D eigenvalue weighted by Crippen LogP contribution is 2.46. The SMILES string of the molecule is CCCCCCOc1c(C)ccc2c(OC)c(-c3ccc(N(c4ccc(N(c5ccc(C)cc5)c5c(C)cc(C(C)(C)C)cc5C)cc4)c4c(C)cc(C(C)(C)C)cc4C)cc3)ccc12. The molecule has 0 heterocycles. The van der Waals surface area contributed by atoms with E-state index in [2.05, 4.69) is 221 Å². The highest BCUT2D eigenvalue weighted by Gasteiger charge is 2.25. The minimum atomic E-state index is 0.0299. The fourth-order valence-electron chi connectivity index (χ4n) is 9.33. The van der Waals surface area contributed by atoms with Crippen LogP contribution in [0.2, 0.25) is 0 Å². The van der Waals surface area contributed by atoms with Gasteiger partial charge in [0, 0.05) is 39.1 Å². The smallest absolute Gasteiger partial charge is 0.134 e. The number of unbranched alkanes of at least 4 members (excludes halogenated alkanes) is 3. The van der Waals surface area contributed by atoms with Crippen molar-refractivity contribution >= 4 is 44.9 Å². The Kier molecular flexibility index (Phi) is 13.9. The van der Waals surface area contributed by atoms with Gasteiger partial charge in [-0.25, -0.2) is 0 Å². The molecule has 0 aromatic heterocycles. The summed E-state index contributed by atoms with van der Waals surface area (Å²) in [7, 11) is 1.78. The maximum atomic E-state index is 6.44. The lowest BCUT2D eigenvalue weighted by Gasteiger charge is -2.33. The zero-order valence-corrected chi connectivity index (χ0v) is 41.8. The summed E-state index contributed by atoms with van der Waals surface area (Å²) in [6.07, 6.45) is 4.70. The number of benzene rings is 7. The molecule has 4 heteroatoms. The van der Waals surface area contributed by atoms with Crippen LogP contribution in [-0.2, 0) is 10.8 Å². The standard InChI is InChI=1S/C61H72N2O2/c1-15-16-17-18-35-65-58-41(3)21-32-55-54(58)34-33-53(59(55)64-14)46-22-26-50(27-23-46)63(57-44(6)38-48(39-45(57)7)61(11,12)13)52-30-28-51(29-31-52)62(49-24-19-40(2)20-25-49)56-42(4)36-47(37-43(56)5)60(8,9)10/h19-34,36-39H,15-18,35H2,1-14H3. The highest BCUT2D eigenvalue weighted by molar-refractivity contribution is 5.99. The number of anilines is 6. The fraction of sp³-hybridized carbons (Fsp3) is 0.344. The van der Waals surface area contributed by atoms with Crippen molar-refractivity contribution in [1.82, 2.24) is 0 Å². The Bertz CT molecular complexity index is 2720. The van der Waals surface area contributed by atoms with Crippen molar-refractivity contribution in [1.29, 1.82) is 0 Å². The van der Waals surface area contributed by atoms with Gasteiger partial charge in [0.05, 0.1) is 25.1 Å². The second-order valence-corrected chi connectivity index (χ2v) is 20.3. The van der Waals surface area contributed by atoms with Gasteiger partial charge in [-0.2, -0.15) is 0 Å². The average molecular weight is 865 g/mol. The normalized spacial score (nSPS) is 11.8. The van der Waals surface area contributed by atoms with Crippen LogP contribution in [0.1, 0.15) is 119 Å². The van der Waals surface area contributed by atoms with E-state index in [1.807, 2.05) is 0 Å². The lowest BCUT2D eigenvalue weighted by atomic mass is 9.84. The van der Waals surface area contributed by atoms with Crippen molar-refractivity contribution in [3.8, 4) is 22.6 Å². The van der Waals surface area contributed by atoms with Crippen LogP contribution in [0.25, 0.3) is 21.9 Å². The molecule has 0 radical (unpaired) electrons. The Labute approximate surface area is 391 Å². The Morgan fingerprint density at radius 3 is 1.29 bits per heavy atom. The summed E-state index contributed by atoms with van der Waals surface area (Å²) in [5.74, 6) is 1.81. The molecular weight excluding hydrogens is 793 g/mol. The van der Waals surface area contributed by atoms with E-state index in [1.165, 1.54) is 69.6 Å². The zero-order valence-electron chi connectivity index (χ0n) is 41.8. The van der Waals surface area contributed by atoms with Crippen LogP contribution in [0.4, 0.5) is 34.1 Å². The first-order valence-electron chi connectivity index (χ1n) is 23.7. The van der Waals surface area contributed by atoms with Gasteiger partial charge >= 0.3 is 0 Å². The maximum absolute atomic E-state index is 6.44. The molecule has 7 aromatic rings. The first-order chi connectivity index (χ1) is 30.9. The predicted octanol–water partition coefficient (Wildman–Crippen LogP) is 17.9. The number of methoxy groups -OCH3 is 1. The fourth-order valence-corrected chi connectivity index (χ4v) is 9.33. The van der Waals surface area contributed by atoms with E-state index < -0.39 is 0 Å². The van der Waals surface area contributed by atoms with Crippen LogP contribution >= 0.6 is 0 Å². The Morgan fingerprint density at radius 2 is 0.862 bits per heavy atom. The Hall–Kier alpha value is -6.00. The molecule has 65 heavy (non-hydrogen) atoms. The summed E-state index contributed by atoms with van der Waals surface area (Å²) in [5.41, 5.74) is 19.2. The van der Waals surface area contributed by atoms with Gasteiger partial charge in [0.2, 0.25) is 0 Å². The minimum Gasteiger partial charge on any atom is -0.495 e. The number of ether oxygens (including phenoxy) is 2. The van der Waals surface area contributed by atoms with E-state index in [1.54, 1.807) is 7.11 Å². The first kappa shape index (κ1) is 47.0. The van der Waals surface area contributed by atoms with Crippen LogP contribution in [0.5, 0.6) is 11.5 Å². The molecule has 0 fully saturated rings. The number of hydrogen-bond acceptors (Lipinski definition) is 4. The van der Waals surface area contributed by atoms with Crippen molar-refractivity contribution in [2.75, 3.05) is 23.5 Å². The predicted molar refractivity (Wildman–Crippen MR) is 281 cm³/mol. The van der Waals surface area contributed by atoms with Gasteiger partial charge in [0.25, 0.3) is 0 Å². The van der Waals surface area contributed by atoms with Crippen LogP contribution in [0.3, 0.4) is 0 Å². The van der Waals surface area contributed by atoms with Crippen LogP contribution in [0, 0.1) is 41.5 Å². The van der Waals surface area contributed by atoms with Crippen molar-refractivity contribution in [3.63, 3.8) is 0 Å². The average Bonchev–Trinajstić information content (AvgIpc) is 3.26. The van der Waals surface area contributed by atoms with E-state index in [4.69, 9.17) is 9.47 Å². The monoisotopic (exact) mass is 865 g/mol. The first-order valence-corrected chi connectivity index (χ1v) is 23.7. The molecule has 0 atom stereocenters. The molecule has 0 saturated heterocycles. The highest BCUT2D eigenvalue weighted by atomic mass is 16.5. The molecule has 0 aliphatic rings. The topological polar surface area (TPSA) is 24.9 Å². The van der Waals surface area contributed by atoms with Crippen LogP contribution in [0.15, 0.2) is 121 Å². The van der Waals surface area contributed by atoms with Crippen LogP contribution in [-0.4, -0.2) is 13.7 Å². The van der Waals surface area contributed by atoms with Gasteiger partial charge in [-0.15, -0.1) is 0 Å². The zero-order chi connectivity index (χ0) is 46.8. The molecule has 338 valence electrons. The number of aryl methyl sites for hydroxylation is 6. The van der Waals surface area contributed by atoms with Gasteiger partial charge in [0.15, 0.2) is 0 Å². The third-order valence-electron chi connectivity index (χ3n) is 13.0.